The Balaban J connectivity index is 1.52. The Morgan fingerprint density at radius 3 is 2.73 bits per heavy atom. The third kappa shape index (κ3) is 3.40. The Kier molecular flexibility index (Phi) is 4.55. The molecule has 2 atom stereocenters. The summed E-state index contributed by atoms with van der Waals surface area (Å²) in [7, 11) is 1.69. The van der Waals surface area contributed by atoms with Crippen molar-refractivity contribution in [1.82, 2.24) is 15.1 Å². The van der Waals surface area contributed by atoms with Gasteiger partial charge in [-0.3, -0.25) is 0 Å². The minimum Gasteiger partial charge on any atom is -0.497 e. The molecule has 0 aliphatic carbocycles. The molecule has 3 aliphatic heterocycles. The van der Waals surface area contributed by atoms with Gasteiger partial charge in [0.25, 0.3) is 0 Å². The number of hydrogen-bond acceptors (Lipinski definition) is 5. The van der Waals surface area contributed by atoms with Gasteiger partial charge in [-0.2, -0.15) is 0 Å². The van der Waals surface area contributed by atoms with Crippen molar-refractivity contribution in [2.24, 2.45) is 4.99 Å². The predicted molar refractivity (Wildman–Crippen MR) is 106 cm³/mol. The molecule has 26 heavy (non-hydrogen) atoms. The molecule has 136 valence electrons. The van der Waals surface area contributed by atoms with E-state index in [2.05, 4.69) is 59.5 Å². The molecule has 5 nitrogen and oxygen atoms in total. The van der Waals surface area contributed by atoms with E-state index in [0.29, 0.717) is 12.1 Å². The molecule has 0 aromatic heterocycles. The first-order valence-corrected chi connectivity index (χ1v) is 9.23. The van der Waals surface area contributed by atoms with Crippen molar-refractivity contribution in [3.63, 3.8) is 0 Å². The van der Waals surface area contributed by atoms with Crippen LogP contribution in [0.4, 0.5) is 0 Å². The van der Waals surface area contributed by atoms with E-state index in [4.69, 9.17) is 9.73 Å². The fraction of sp³-hybridized carbons (Fsp3) is 0.381. The summed E-state index contributed by atoms with van der Waals surface area (Å²) in [5.74, 6) is 1.85. The highest BCUT2D eigenvalue weighted by Crippen LogP contribution is 2.26. The second-order valence-electron chi connectivity index (χ2n) is 7.20. The van der Waals surface area contributed by atoms with Gasteiger partial charge in [0.1, 0.15) is 11.6 Å². The molecule has 0 amide bonds. The van der Waals surface area contributed by atoms with E-state index in [1.54, 1.807) is 7.11 Å². The van der Waals surface area contributed by atoms with Crippen LogP contribution in [-0.4, -0.2) is 54.5 Å². The summed E-state index contributed by atoms with van der Waals surface area (Å²) in [5, 5.41) is 3.59. The SMILES string of the molecule is COc1cccc(C2=CCN3C=C(N4C[C@@H](C)N[C@@H](C)C4)C=CC3=N2)c1. The molecule has 0 saturated carbocycles. The lowest BCUT2D eigenvalue weighted by Crippen LogP contribution is -2.53. The molecule has 3 aliphatic rings. The van der Waals surface area contributed by atoms with Crippen LogP contribution in [0.15, 0.2) is 59.4 Å². The molecule has 1 aromatic rings. The molecular formula is C21H26N4O. The van der Waals surface area contributed by atoms with E-state index >= 15 is 0 Å². The van der Waals surface area contributed by atoms with Crippen LogP contribution in [0.5, 0.6) is 5.75 Å². The number of ether oxygens (including phenoxy) is 1. The van der Waals surface area contributed by atoms with Crippen LogP contribution in [-0.2, 0) is 0 Å². The second-order valence-corrected chi connectivity index (χ2v) is 7.20. The summed E-state index contributed by atoms with van der Waals surface area (Å²) < 4.78 is 5.33. The zero-order chi connectivity index (χ0) is 18.1. The van der Waals surface area contributed by atoms with Crippen LogP contribution in [0, 0.1) is 0 Å². The van der Waals surface area contributed by atoms with Gasteiger partial charge in [-0.25, -0.2) is 4.99 Å². The number of nitrogens with zero attached hydrogens (tertiary/aromatic N) is 3. The van der Waals surface area contributed by atoms with Gasteiger partial charge in [-0.05, 0) is 44.2 Å². The number of amidine groups is 1. The normalized spacial score (nSPS) is 25.3. The number of allylic oxidation sites excluding steroid dienone is 1. The van der Waals surface area contributed by atoms with E-state index < -0.39 is 0 Å². The highest BCUT2D eigenvalue weighted by molar-refractivity contribution is 6.00. The minimum atomic E-state index is 0.504. The molecule has 1 saturated heterocycles. The van der Waals surface area contributed by atoms with Gasteiger partial charge >= 0.3 is 0 Å². The topological polar surface area (TPSA) is 40.1 Å². The Bertz CT molecular complexity index is 798. The van der Waals surface area contributed by atoms with Gasteiger partial charge in [-0.1, -0.05) is 12.1 Å². The van der Waals surface area contributed by atoms with Crippen LogP contribution >= 0.6 is 0 Å². The number of nitrogens with one attached hydrogen (secondary N) is 1. The van der Waals surface area contributed by atoms with E-state index in [1.165, 1.54) is 5.70 Å². The highest BCUT2D eigenvalue weighted by atomic mass is 16.5. The quantitative estimate of drug-likeness (QED) is 0.910. The van der Waals surface area contributed by atoms with Crippen molar-refractivity contribution >= 4 is 11.5 Å². The molecule has 5 heteroatoms. The highest BCUT2D eigenvalue weighted by Gasteiger charge is 2.24. The first-order valence-electron chi connectivity index (χ1n) is 9.23. The molecule has 0 unspecified atom stereocenters. The maximum absolute atomic E-state index is 5.33. The van der Waals surface area contributed by atoms with Crippen LogP contribution in [0.2, 0.25) is 0 Å². The van der Waals surface area contributed by atoms with E-state index in [9.17, 15) is 0 Å². The summed E-state index contributed by atoms with van der Waals surface area (Å²) in [6.45, 7) is 7.38. The molecule has 4 rings (SSSR count). The van der Waals surface area contributed by atoms with Crippen molar-refractivity contribution in [2.45, 2.75) is 25.9 Å². The third-order valence-corrected chi connectivity index (χ3v) is 4.99. The van der Waals surface area contributed by atoms with Crippen molar-refractivity contribution in [3.8, 4) is 5.75 Å². The minimum absolute atomic E-state index is 0.504. The van der Waals surface area contributed by atoms with Crippen molar-refractivity contribution in [2.75, 3.05) is 26.7 Å². The monoisotopic (exact) mass is 350 g/mol. The van der Waals surface area contributed by atoms with E-state index in [0.717, 1.165) is 42.5 Å². The van der Waals surface area contributed by atoms with E-state index in [-0.39, 0.29) is 0 Å². The van der Waals surface area contributed by atoms with Crippen molar-refractivity contribution in [3.05, 3.63) is 60.0 Å². The number of benzene rings is 1. The first kappa shape index (κ1) is 16.9. The molecule has 0 spiro atoms. The van der Waals surface area contributed by atoms with E-state index in [1.807, 2.05) is 18.2 Å². The summed E-state index contributed by atoms with van der Waals surface area (Å²) in [5.41, 5.74) is 3.35. The Hall–Kier alpha value is -2.53. The number of piperazine rings is 1. The smallest absolute Gasteiger partial charge is 0.133 e. The Labute approximate surface area is 155 Å². The number of hydrogen-bond donors (Lipinski definition) is 1. The number of rotatable bonds is 3. The Morgan fingerprint density at radius 1 is 1.15 bits per heavy atom. The van der Waals surface area contributed by atoms with Crippen LogP contribution in [0.3, 0.4) is 0 Å². The molecule has 0 radical (unpaired) electrons. The largest absolute Gasteiger partial charge is 0.497 e. The average molecular weight is 350 g/mol. The average Bonchev–Trinajstić information content (AvgIpc) is 2.66. The van der Waals surface area contributed by atoms with Gasteiger partial charge < -0.3 is 19.9 Å². The fourth-order valence-electron chi connectivity index (χ4n) is 3.82. The van der Waals surface area contributed by atoms with Gasteiger partial charge in [0.15, 0.2) is 0 Å². The van der Waals surface area contributed by atoms with Crippen molar-refractivity contribution < 1.29 is 4.74 Å². The van der Waals surface area contributed by atoms with Crippen LogP contribution < -0.4 is 10.1 Å². The van der Waals surface area contributed by atoms with Gasteiger partial charge in [0, 0.05) is 43.5 Å². The second kappa shape index (κ2) is 7.00. The van der Waals surface area contributed by atoms with Crippen LogP contribution in [0.25, 0.3) is 5.70 Å². The summed E-state index contributed by atoms with van der Waals surface area (Å²) in [6.07, 6.45) is 8.71. The van der Waals surface area contributed by atoms with Crippen molar-refractivity contribution in [1.29, 1.82) is 0 Å². The summed E-state index contributed by atoms with van der Waals surface area (Å²) >= 11 is 0. The zero-order valence-electron chi connectivity index (χ0n) is 15.6. The maximum atomic E-state index is 5.33. The summed E-state index contributed by atoms with van der Waals surface area (Å²) in [4.78, 5) is 9.52. The van der Waals surface area contributed by atoms with Crippen LogP contribution in [0.1, 0.15) is 19.4 Å². The Morgan fingerprint density at radius 2 is 1.96 bits per heavy atom. The lowest BCUT2D eigenvalue weighted by Gasteiger charge is -2.40. The first-order chi connectivity index (χ1) is 12.6. The lowest BCUT2D eigenvalue weighted by molar-refractivity contribution is 0.217. The standard InChI is InChI=1S/C21H26N4O/c1-15-12-25(13-16(2)22-15)18-7-8-21-23-20(9-10-24(21)14-18)17-5-4-6-19(11-17)26-3/h4-9,11,14-16,22H,10,12-13H2,1-3H3/t15-,16+. The molecule has 1 fully saturated rings. The molecule has 3 heterocycles. The van der Waals surface area contributed by atoms with Gasteiger partial charge in [-0.15, -0.1) is 0 Å². The predicted octanol–water partition coefficient (Wildman–Crippen LogP) is 2.84. The van der Waals surface area contributed by atoms with Gasteiger partial charge in [0.05, 0.1) is 18.5 Å². The molecule has 1 N–H and O–H groups in total. The summed E-state index contributed by atoms with van der Waals surface area (Å²) in [6, 6.07) is 9.07. The number of methoxy groups -OCH3 is 1. The molecule has 0 bridgehead atoms. The molecular weight excluding hydrogens is 324 g/mol. The number of aliphatic imine (C=N–C) groups is 1. The fourth-order valence-corrected chi connectivity index (χ4v) is 3.82. The number of fused-ring (bicyclic) bond motifs is 1. The van der Waals surface area contributed by atoms with Gasteiger partial charge in [0.2, 0.25) is 0 Å². The maximum Gasteiger partial charge on any atom is 0.133 e. The third-order valence-electron chi connectivity index (χ3n) is 4.99. The zero-order valence-corrected chi connectivity index (χ0v) is 15.6. The molecule has 1 aromatic carbocycles. The lowest BCUT2D eigenvalue weighted by atomic mass is 10.1.